The van der Waals surface area contributed by atoms with E-state index in [1.54, 1.807) is 24.3 Å². The summed E-state index contributed by atoms with van der Waals surface area (Å²) >= 11 is 0. The number of nitrogens with one attached hydrogen (secondary N) is 1. The molecule has 1 aromatic heterocycles. The van der Waals surface area contributed by atoms with Crippen LogP contribution in [0, 0.1) is 6.92 Å². The first kappa shape index (κ1) is 18.6. The second-order valence-electron chi connectivity index (χ2n) is 6.99. The summed E-state index contributed by atoms with van der Waals surface area (Å²) < 4.78 is 16.8. The maximum Gasteiger partial charge on any atom is 0.272 e. The van der Waals surface area contributed by atoms with E-state index in [9.17, 15) is 4.79 Å². The highest BCUT2D eigenvalue weighted by molar-refractivity contribution is 5.92. The Kier molecular flexibility index (Phi) is 5.15. The van der Waals surface area contributed by atoms with E-state index in [-0.39, 0.29) is 5.91 Å². The Labute approximate surface area is 163 Å². The van der Waals surface area contributed by atoms with Gasteiger partial charge in [0.1, 0.15) is 11.4 Å². The molecule has 2 aromatic rings. The number of rotatable bonds is 4. The molecule has 1 spiro atoms. The minimum absolute atomic E-state index is 0.116. The van der Waals surface area contributed by atoms with Crippen molar-refractivity contribution >= 4 is 17.5 Å². The number of ether oxygens (including phenoxy) is 3. The van der Waals surface area contributed by atoms with Crippen LogP contribution in [0.5, 0.6) is 5.75 Å². The number of methoxy groups -OCH3 is 1. The Morgan fingerprint density at radius 2 is 1.96 bits per heavy atom. The number of benzene rings is 1. The molecule has 0 saturated carbocycles. The zero-order valence-corrected chi connectivity index (χ0v) is 16.1. The molecule has 4 rings (SSSR count). The first-order chi connectivity index (χ1) is 13.6. The van der Waals surface area contributed by atoms with Crippen LogP contribution in [0.25, 0.3) is 0 Å². The van der Waals surface area contributed by atoms with E-state index in [2.05, 4.69) is 15.3 Å². The van der Waals surface area contributed by atoms with Gasteiger partial charge in [-0.3, -0.25) is 4.79 Å². The summed E-state index contributed by atoms with van der Waals surface area (Å²) in [6.45, 7) is 4.40. The van der Waals surface area contributed by atoms with Crippen molar-refractivity contribution in [1.29, 1.82) is 0 Å². The van der Waals surface area contributed by atoms with E-state index >= 15 is 0 Å². The summed E-state index contributed by atoms with van der Waals surface area (Å²) in [7, 11) is 1.61. The lowest BCUT2D eigenvalue weighted by Crippen LogP contribution is -2.47. The molecule has 3 heterocycles. The van der Waals surface area contributed by atoms with Crippen LogP contribution in [0.1, 0.15) is 28.9 Å². The van der Waals surface area contributed by atoms with Crippen molar-refractivity contribution in [3.05, 3.63) is 41.7 Å². The summed E-state index contributed by atoms with van der Waals surface area (Å²) in [6, 6.07) is 7.42. The number of carbonyl (C=O) groups is 1. The molecule has 0 aliphatic carbocycles. The standard InChI is InChI=1S/C20H24N4O4/c1-14-3-4-17(26-2)16(13-14)23-19-21-8-5-15(22-19)18(25)24-9-6-20(7-10-24)27-11-12-28-20/h3-5,8,13H,6-7,9-12H2,1-2H3,(H,21,22,23). The minimum Gasteiger partial charge on any atom is -0.495 e. The van der Waals surface area contributed by atoms with Crippen LogP contribution in [0.2, 0.25) is 0 Å². The number of hydrogen-bond donors (Lipinski definition) is 1. The Hall–Kier alpha value is -2.71. The Morgan fingerprint density at radius 3 is 2.68 bits per heavy atom. The third-order valence-corrected chi connectivity index (χ3v) is 5.10. The van der Waals surface area contributed by atoms with E-state index < -0.39 is 5.79 Å². The third-order valence-electron chi connectivity index (χ3n) is 5.10. The molecule has 0 unspecified atom stereocenters. The van der Waals surface area contributed by atoms with Crippen molar-refractivity contribution in [2.75, 3.05) is 38.7 Å². The fourth-order valence-corrected chi connectivity index (χ4v) is 3.58. The fraction of sp³-hybridized carbons (Fsp3) is 0.450. The molecule has 1 aromatic carbocycles. The number of nitrogens with zero attached hydrogens (tertiary/aromatic N) is 3. The number of piperidine rings is 1. The average molecular weight is 384 g/mol. The summed E-state index contributed by atoms with van der Waals surface area (Å²) in [4.78, 5) is 23.3. The van der Waals surface area contributed by atoms with E-state index in [0.717, 1.165) is 11.3 Å². The average Bonchev–Trinajstić information content (AvgIpc) is 3.16. The van der Waals surface area contributed by atoms with Gasteiger partial charge in [-0.25, -0.2) is 9.97 Å². The van der Waals surface area contributed by atoms with Crippen LogP contribution in [0.4, 0.5) is 11.6 Å². The smallest absolute Gasteiger partial charge is 0.272 e. The van der Waals surface area contributed by atoms with Crippen LogP contribution in [0.15, 0.2) is 30.5 Å². The molecule has 0 bridgehead atoms. The molecule has 2 fully saturated rings. The summed E-state index contributed by atoms with van der Waals surface area (Å²) in [6.07, 6.45) is 2.93. The van der Waals surface area contributed by atoms with Gasteiger partial charge in [-0.05, 0) is 30.7 Å². The number of aromatic nitrogens is 2. The number of anilines is 2. The minimum atomic E-state index is -0.503. The van der Waals surface area contributed by atoms with Crippen LogP contribution in [-0.4, -0.2) is 60.0 Å². The molecular formula is C20H24N4O4. The van der Waals surface area contributed by atoms with Gasteiger partial charge in [0.25, 0.3) is 5.91 Å². The lowest BCUT2D eigenvalue weighted by Gasteiger charge is -2.37. The number of amides is 1. The molecule has 148 valence electrons. The van der Waals surface area contributed by atoms with Crippen LogP contribution >= 0.6 is 0 Å². The zero-order valence-electron chi connectivity index (χ0n) is 16.1. The van der Waals surface area contributed by atoms with Gasteiger partial charge in [0.2, 0.25) is 5.95 Å². The Balaban J connectivity index is 1.46. The monoisotopic (exact) mass is 384 g/mol. The van der Waals surface area contributed by atoms with Crippen LogP contribution < -0.4 is 10.1 Å². The first-order valence-corrected chi connectivity index (χ1v) is 9.40. The van der Waals surface area contributed by atoms with Crippen molar-refractivity contribution in [2.24, 2.45) is 0 Å². The number of likely N-dealkylation sites (tertiary alicyclic amines) is 1. The SMILES string of the molecule is COc1ccc(C)cc1Nc1nccc(C(=O)N2CCC3(CC2)OCCO3)n1. The van der Waals surface area contributed by atoms with Crippen molar-refractivity contribution in [3.8, 4) is 5.75 Å². The van der Waals surface area contributed by atoms with Gasteiger partial charge in [-0.2, -0.15) is 0 Å². The predicted octanol–water partition coefficient (Wildman–Crippen LogP) is 2.52. The maximum atomic E-state index is 12.9. The van der Waals surface area contributed by atoms with Gasteiger partial charge in [-0.15, -0.1) is 0 Å². The summed E-state index contributed by atoms with van der Waals surface area (Å²) in [5.74, 6) is 0.417. The molecule has 1 N–H and O–H groups in total. The van der Waals surface area contributed by atoms with E-state index in [4.69, 9.17) is 14.2 Å². The van der Waals surface area contributed by atoms with Crippen molar-refractivity contribution in [3.63, 3.8) is 0 Å². The highest BCUT2D eigenvalue weighted by Gasteiger charge is 2.41. The van der Waals surface area contributed by atoms with E-state index in [1.807, 2.05) is 25.1 Å². The second-order valence-corrected chi connectivity index (χ2v) is 6.99. The van der Waals surface area contributed by atoms with Gasteiger partial charge < -0.3 is 24.4 Å². The zero-order chi connectivity index (χ0) is 19.6. The van der Waals surface area contributed by atoms with Gasteiger partial charge in [0, 0.05) is 32.1 Å². The maximum absolute atomic E-state index is 12.9. The molecule has 0 radical (unpaired) electrons. The first-order valence-electron chi connectivity index (χ1n) is 9.40. The predicted molar refractivity (Wildman–Crippen MR) is 103 cm³/mol. The van der Waals surface area contributed by atoms with Gasteiger partial charge in [0.15, 0.2) is 5.79 Å². The quantitative estimate of drug-likeness (QED) is 0.867. The highest BCUT2D eigenvalue weighted by atomic mass is 16.7. The number of aryl methyl sites for hydroxylation is 1. The van der Waals surface area contributed by atoms with Crippen LogP contribution in [0.3, 0.4) is 0 Å². The molecule has 2 aliphatic rings. The summed E-state index contributed by atoms with van der Waals surface area (Å²) in [5, 5.41) is 3.14. The molecule has 2 aliphatic heterocycles. The van der Waals surface area contributed by atoms with Gasteiger partial charge >= 0.3 is 0 Å². The molecule has 2 saturated heterocycles. The second kappa shape index (κ2) is 7.73. The highest BCUT2D eigenvalue weighted by Crippen LogP contribution is 2.32. The molecule has 1 amide bonds. The third kappa shape index (κ3) is 3.79. The molecule has 8 heteroatoms. The largest absolute Gasteiger partial charge is 0.495 e. The topological polar surface area (TPSA) is 85.8 Å². The fourth-order valence-electron chi connectivity index (χ4n) is 3.58. The summed E-state index contributed by atoms with van der Waals surface area (Å²) in [5.41, 5.74) is 2.19. The Morgan fingerprint density at radius 1 is 1.21 bits per heavy atom. The number of carbonyl (C=O) groups excluding carboxylic acids is 1. The van der Waals surface area contributed by atoms with E-state index in [1.165, 1.54) is 0 Å². The van der Waals surface area contributed by atoms with Crippen molar-refractivity contribution in [1.82, 2.24) is 14.9 Å². The van der Waals surface area contributed by atoms with Gasteiger partial charge in [-0.1, -0.05) is 6.07 Å². The van der Waals surface area contributed by atoms with E-state index in [0.29, 0.717) is 56.5 Å². The molecule has 8 nitrogen and oxygen atoms in total. The molecule has 0 atom stereocenters. The van der Waals surface area contributed by atoms with Crippen molar-refractivity contribution in [2.45, 2.75) is 25.6 Å². The number of hydrogen-bond acceptors (Lipinski definition) is 7. The molecular weight excluding hydrogens is 360 g/mol. The van der Waals surface area contributed by atoms with Gasteiger partial charge in [0.05, 0.1) is 26.0 Å². The lowest BCUT2D eigenvalue weighted by molar-refractivity contribution is -0.181. The van der Waals surface area contributed by atoms with Crippen LogP contribution in [-0.2, 0) is 9.47 Å². The van der Waals surface area contributed by atoms with Crippen molar-refractivity contribution < 1.29 is 19.0 Å². The molecule has 28 heavy (non-hydrogen) atoms. The lowest BCUT2D eigenvalue weighted by atomic mass is 10.0. The Bertz CT molecular complexity index is 857. The normalized spacial score (nSPS) is 18.3.